The van der Waals surface area contributed by atoms with E-state index in [-0.39, 0.29) is 6.15 Å². The van der Waals surface area contributed by atoms with Gasteiger partial charge in [-0.2, -0.15) is 0 Å². The third-order valence-electron chi connectivity index (χ3n) is 0. The molecule has 0 heterocycles. The molecule has 0 aliphatic carbocycles. The normalized spacial score (nSPS) is 4.00. The van der Waals surface area contributed by atoms with Gasteiger partial charge in [-0.15, -0.1) is 0 Å². The third kappa shape index (κ3) is 1.08. The molecular weight excluding hydrogens is 321 g/mol. The van der Waals surface area contributed by atoms with Crippen LogP contribution < -0.4 is 6.15 Å². The Balaban J connectivity index is -0.0000000450. The predicted octanol–water partition coefficient (Wildman–Crippen LogP) is 0.384. The maximum Gasteiger partial charge on any atom is 0.503 e. The average molecular weight is 326 g/mol. The van der Waals surface area contributed by atoms with Gasteiger partial charge >= 0.3 is 6.16 Å². The Morgan fingerprint density at radius 3 is 1.33 bits per heavy atom. The SMILES string of the molecule is N.O=C(O)O.[Bk]. The quantitative estimate of drug-likeness (QED) is 0.600. The average Bonchev–Trinajstić information content (AvgIpc) is 0.811. The molecule has 41 valence electrons. The van der Waals surface area contributed by atoms with Gasteiger partial charge in [0.1, 0.15) is 0 Å². The molecule has 0 unspecified atom stereocenters. The molecule has 0 spiro atoms. The van der Waals surface area contributed by atoms with E-state index in [9.17, 15) is 0 Å². The molecule has 5 heteroatoms. The maximum atomic E-state index is 8.56. The van der Waals surface area contributed by atoms with Crippen LogP contribution >= 0.6 is 0 Å². The summed E-state index contributed by atoms with van der Waals surface area (Å²) in [5.74, 6) is 0. The second-order valence-corrected chi connectivity index (χ2v) is 0.283. The Morgan fingerprint density at radius 2 is 1.33 bits per heavy atom. The maximum absolute atomic E-state index is 8.56. The minimum absolute atomic E-state index is 0. The van der Waals surface area contributed by atoms with Crippen LogP contribution in [0, 0.1) is 0 Å². The largest absolute Gasteiger partial charge is 0.503 e. The molecule has 0 atom stereocenters. The molecule has 0 aromatic heterocycles. The molecule has 0 fully saturated rings. The first-order chi connectivity index (χ1) is 1.73. The van der Waals surface area contributed by atoms with Gasteiger partial charge in [0.2, 0.25) is 0 Å². The summed E-state index contributed by atoms with van der Waals surface area (Å²) in [4.78, 5) is 8.56. The zero-order chi connectivity index (χ0) is 3.58. The van der Waals surface area contributed by atoms with Crippen molar-refractivity contribution in [2.24, 2.45) is 0 Å². The van der Waals surface area contributed by atoms with E-state index in [1.807, 2.05) is 0 Å². The molecular formula is CH5BkNO3. The molecule has 0 aliphatic rings. The van der Waals surface area contributed by atoms with E-state index in [1.165, 1.54) is 0 Å². The number of carbonyl (C=O) groups is 1. The molecule has 0 bridgehead atoms. The zero-order valence-electron chi connectivity index (χ0n) is 2.84. The minimum Gasteiger partial charge on any atom is -0.450 e. The van der Waals surface area contributed by atoms with E-state index >= 15 is 0 Å². The number of hydrogen-bond donors (Lipinski definition) is 3. The fourth-order valence-electron chi connectivity index (χ4n) is 0. The van der Waals surface area contributed by atoms with Crippen molar-refractivity contribution < 1.29 is 15.0 Å². The Morgan fingerprint density at radius 1 is 1.33 bits per heavy atom. The molecule has 0 saturated carbocycles. The van der Waals surface area contributed by atoms with Gasteiger partial charge in [0.05, 0.1) is 0 Å². The molecule has 6 heavy (non-hydrogen) atoms. The standard InChI is InChI=1S/CH2O3.Bk.H3N/c2-1(3)4;;/h(H2,2,3,4);;1H3. The summed E-state index contributed by atoms with van der Waals surface area (Å²) >= 11 is 0. The van der Waals surface area contributed by atoms with Crippen molar-refractivity contribution in [3.63, 3.8) is 0 Å². The van der Waals surface area contributed by atoms with Crippen molar-refractivity contribution >= 4 is 6.16 Å². The summed E-state index contributed by atoms with van der Waals surface area (Å²) in [6.07, 6.45) is -1.83. The van der Waals surface area contributed by atoms with E-state index in [0.29, 0.717) is 0 Å². The zero-order valence-corrected chi connectivity index (χ0v) is 5.62. The van der Waals surface area contributed by atoms with Crippen LogP contribution in [0.2, 0.25) is 0 Å². The number of hydrogen-bond acceptors (Lipinski definition) is 2. The predicted molar refractivity (Wildman–Crippen MR) is 15.7 cm³/mol. The monoisotopic (exact) mass is 326 g/mol. The van der Waals surface area contributed by atoms with Gasteiger partial charge < -0.3 is 16.4 Å². The first-order valence-corrected chi connectivity index (χ1v) is 0.651. The van der Waals surface area contributed by atoms with Crippen LogP contribution in [-0.4, -0.2) is 16.4 Å². The van der Waals surface area contributed by atoms with E-state index in [2.05, 4.69) is 0 Å². The van der Waals surface area contributed by atoms with Gasteiger partial charge in [0.25, 0.3) is 0 Å². The summed E-state index contributed by atoms with van der Waals surface area (Å²) in [5.41, 5.74) is 0. The Labute approximate surface area is 28.6 Å². The molecule has 0 aromatic carbocycles. The second-order valence-electron chi connectivity index (χ2n) is 0.283. The van der Waals surface area contributed by atoms with Crippen molar-refractivity contribution in [1.29, 1.82) is 0 Å². The number of carboxylic acid groups (broad SMARTS) is 2. The van der Waals surface area contributed by atoms with Gasteiger partial charge in [-0.25, -0.2) is 4.79 Å². The summed E-state index contributed by atoms with van der Waals surface area (Å²) in [6.45, 7) is 0. The van der Waals surface area contributed by atoms with Crippen LogP contribution in [0.1, 0.15) is 0 Å². The van der Waals surface area contributed by atoms with Crippen LogP contribution in [-0.2, 0) is 0 Å². The Kier molecular flexibility index (Phi) is 51.6. The topological polar surface area (TPSA) is 92.5 Å². The van der Waals surface area contributed by atoms with E-state index in [4.69, 9.17) is 15.0 Å². The van der Waals surface area contributed by atoms with E-state index in [0.717, 1.165) is 0 Å². The fraction of sp³-hybridized carbons (Fsp3) is 0. The molecule has 0 amide bonds. The fourth-order valence-corrected chi connectivity index (χ4v) is 0. The van der Waals surface area contributed by atoms with E-state index < -0.39 is 6.16 Å². The Hall–Kier alpha value is -1.77. The van der Waals surface area contributed by atoms with E-state index in [1.54, 1.807) is 0 Å². The van der Waals surface area contributed by atoms with Gasteiger partial charge in [0.15, 0.2) is 0 Å². The molecule has 0 aromatic rings. The Bertz CT molecular complexity index is 33.8. The van der Waals surface area contributed by atoms with Crippen LogP contribution in [0.4, 0.5) is 4.79 Å². The molecule has 4 nitrogen and oxygen atoms in total. The van der Waals surface area contributed by atoms with Crippen LogP contribution in [0.3, 0.4) is 0 Å². The van der Waals surface area contributed by atoms with Crippen LogP contribution in [0.15, 0.2) is 0 Å². The summed E-state index contributed by atoms with van der Waals surface area (Å²) in [6, 6.07) is 0. The van der Waals surface area contributed by atoms with Crippen molar-refractivity contribution in [2.45, 2.75) is 0 Å². The summed E-state index contributed by atoms with van der Waals surface area (Å²) in [5, 5.41) is 13.9. The van der Waals surface area contributed by atoms with Gasteiger partial charge in [-0.3, -0.25) is 0 Å². The summed E-state index contributed by atoms with van der Waals surface area (Å²) < 4.78 is 0. The van der Waals surface area contributed by atoms with Crippen molar-refractivity contribution in [1.82, 2.24) is 6.15 Å². The first kappa shape index (κ1) is 29.2. The first-order valence-electron chi connectivity index (χ1n) is 0.651. The minimum atomic E-state index is -1.83. The van der Waals surface area contributed by atoms with Gasteiger partial charge in [0, 0.05) is 0 Å². The van der Waals surface area contributed by atoms with Crippen molar-refractivity contribution in [3.8, 4) is 0 Å². The van der Waals surface area contributed by atoms with Crippen molar-refractivity contribution in [2.75, 3.05) is 0 Å². The number of rotatable bonds is 0. The van der Waals surface area contributed by atoms with Gasteiger partial charge in [-0.05, 0) is 0 Å². The van der Waals surface area contributed by atoms with Crippen LogP contribution in [0.5, 0.6) is 0 Å². The van der Waals surface area contributed by atoms with Crippen molar-refractivity contribution in [3.05, 3.63) is 0 Å². The third-order valence-corrected chi connectivity index (χ3v) is 0. The second kappa shape index (κ2) is 10.6. The van der Waals surface area contributed by atoms with Crippen LogP contribution in [0.25, 0.3) is 0 Å². The molecule has 1 radical (unpaired) electrons. The molecule has 0 saturated heterocycles. The molecule has 5 N–H and O–H groups in total. The summed E-state index contributed by atoms with van der Waals surface area (Å²) in [7, 11) is 0. The van der Waals surface area contributed by atoms with Gasteiger partial charge in [-0.1, -0.05) is 0 Å². The molecule has 0 rings (SSSR count). The molecule has 0 aliphatic heterocycles. The smallest absolute Gasteiger partial charge is 0.450 e.